The minimum absolute atomic E-state index is 0.0339. The lowest BCUT2D eigenvalue weighted by molar-refractivity contribution is -0.204. The quantitative estimate of drug-likeness (QED) is 0.267. The molecule has 0 radical (unpaired) electrons. The van der Waals surface area contributed by atoms with Crippen molar-refractivity contribution in [3.63, 3.8) is 0 Å². The molecular formula is C10H13ClN5O4P. The summed E-state index contributed by atoms with van der Waals surface area (Å²) in [6.07, 6.45) is 1.51. The highest BCUT2D eigenvalue weighted by atomic mass is 35.5. The van der Waals surface area contributed by atoms with Crippen LogP contribution in [-0.2, 0) is 20.7 Å². The Hall–Kier alpha value is -1.51. The Morgan fingerprint density at radius 3 is 3.00 bits per heavy atom. The van der Waals surface area contributed by atoms with Gasteiger partial charge in [-0.05, 0) is 5.57 Å². The van der Waals surface area contributed by atoms with Crippen molar-refractivity contribution in [2.24, 2.45) is 0 Å². The van der Waals surface area contributed by atoms with Crippen molar-refractivity contribution in [2.45, 2.75) is 6.54 Å². The normalized spacial score (nSPS) is 14.2. The number of nitrogen functional groups attached to an aromatic ring is 1. The fourth-order valence-corrected chi connectivity index (χ4v) is 2.00. The van der Waals surface area contributed by atoms with Gasteiger partial charge in [-0.25, -0.2) is 9.87 Å². The molecular weight excluding hydrogens is 321 g/mol. The molecule has 0 saturated carbocycles. The van der Waals surface area contributed by atoms with Gasteiger partial charge in [-0.3, -0.25) is 4.57 Å². The van der Waals surface area contributed by atoms with Gasteiger partial charge in [0.05, 0.1) is 6.33 Å². The van der Waals surface area contributed by atoms with Gasteiger partial charge in [0.15, 0.2) is 10.8 Å². The zero-order valence-electron chi connectivity index (χ0n) is 11.1. The molecule has 1 atom stereocenters. The second kappa shape index (κ2) is 6.08. The van der Waals surface area contributed by atoms with Gasteiger partial charge in [-0.1, -0.05) is 18.2 Å². The van der Waals surface area contributed by atoms with Gasteiger partial charge >= 0.3 is 7.60 Å². The van der Waals surface area contributed by atoms with E-state index >= 15 is 0 Å². The van der Waals surface area contributed by atoms with Gasteiger partial charge in [-0.2, -0.15) is 9.97 Å². The van der Waals surface area contributed by atoms with Crippen molar-refractivity contribution in [1.29, 1.82) is 0 Å². The second-order valence-electron chi connectivity index (χ2n) is 4.31. The van der Waals surface area contributed by atoms with E-state index in [-0.39, 0.29) is 17.7 Å². The number of nitrogens with zero attached hydrogens (tertiary/aromatic N) is 4. The third kappa shape index (κ3) is 4.23. The number of hydrogen-bond donors (Lipinski definition) is 2. The fraction of sp³-hybridized carbons (Fsp3) is 0.300. The Labute approximate surface area is 124 Å². The summed E-state index contributed by atoms with van der Waals surface area (Å²) in [5, 5.41) is 0.161. The Balaban J connectivity index is 2.06. The number of nitrogens with two attached hydrogens (primary N) is 1. The minimum Gasteiger partial charge on any atom is -0.368 e. The highest BCUT2D eigenvalue weighted by Crippen LogP contribution is 2.36. The number of imidazole rings is 1. The van der Waals surface area contributed by atoms with Gasteiger partial charge in [0.2, 0.25) is 5.95 Å². The zero-order valence-corrected chi connectivity index (χ0v) is 12.7. The third-order valence-electron chi connectivity index (χ3n) is 2.29. The summed E-state index contributed by atoms with van der Waals surface area (Å²) in [7, 11) is -3.68. The van der Waals surface area contributed by atoms with Gasteiger partial charge in [-0.15, -0.1) is 4.67 Å². The molecule has 0 bridgehead atoms. The summed E-state index contributed by atoms with van der Waals surface area (Å²) in [4.78, 5) is 25.5. The van der Waals surface area contributed by atoms with Crippen molar-refractivity contribution in [2.75, 3.05) is 19.0 Å². The van der Waals surface area contributed by atoms with Crippen molar-refractivity contribution in [3.05, 3.63) is 23.6 Å². The van der Waals surface area contributed by atoms with E-state index in [9.17, 15) is 4.57 Å². The Kier molecular flexibility index (Phi) is 4.60. The van der Waals surface area contributed by atoms with E-state index in [0.717, 1.165) is 6.66 Å². The number of aromatic nitrogens is 4. The van der Waals surface area contributed by atoms with Gasteiger partial charge < -0.3 is 15.2 Å². The van der Waals surface area contributed by atoms with Crippen molar-refractivity contribution >= 4 is 36.3 Å². The smallest absolute Gasteiger partial charge is 0.352 e. The van der Waals surface area contributed by atoms with Gasteiger partial charge in [0.1, 0.15) is 12.1 Å². The maximum atomic E-state index is 10.9. The molecule has 2 aromatic rings. The van der Waals surface area contributed by atoms with Crippen LogP contribution < -0.4 is 5.73 Å². The zero-order chi connectivity index (χ0) is 15.6. The summed E-state index contributed by atoms with van der Waals surface area (Å²) in [5.41, 5.74) is 6.98. The van der Waals surface area contributed by atoms with Crippen LogP contribution in [0.1, 0.15) is 0 Å². The maximum Gasteiger partial charge on any atom is 0.352 e. The summed E-state index contributed by atoms with van der Waals surface area (Å²) >= 11 is 5.91. The van der Waals surface area contributed by atoms with Crippen LogP contribution in [0, 0.1) is 0 Å². The van der Waals surface area contributed by atoms with Gasteiger partial charge in [0, 0.05) is 13.2 Å². The first-order valence-corrected chi connectivity index (χ1v) is 8.08. The van der Waals surface area contributed by atoms with Crippen LogP contribution in [0.3, 0.4) is 0 Å². The molecule has 2 rings (SSSR count). The van der Waals surface area contributed by atoms with E-state index in [4.69, 9.17) is 22.2 Å². The van der Waals surface area contributed by atoms with E-state index in [0.29, 0.717) is 23.3 Å². The van der Waals surface area contributed by atoms with Crippen molar-refractivity contribution < 1.29 is 19.0 Å². The summed E-state index contributed by atoms with van der Waals surface area (Å²) in [5.74, 6) is 0.0339. The molecule has 0 spiro atoms. The molecule has 1 unspecified atom stereocenters. The first-order valence-electron chi connectivity index (χ1n) is 5.68. The Bertz CT molecular complexity index is 728. The van der Waals surface area contributed by atoms with E-state index in [1.165, 1.54) is 6.33 Å². The topological polar surface area (TPSA) is 125 Å². The molecule has 0 fully saturated rings. The molecule has 0 aliphatic heterocycles. The summed E-state index contributed by atoms with van der Waals surface area (Å²) in [6.45, 7) is 5.02. The SMILES string of the molecule is C=C(COOP(C)(=O)O)Cn1cnc2c(Cl)nc(N)nc21. The number of rotatable bonds is 6. The molecule has 9 nitrogen and oxygen atoms in total. The molecule has 0 saturated heterocycles. The number of fused-ring (bicyclic) bond motifs is 1. The lowest BCUT2D eigenvalue weighted by atomic mass is 10.3. The van der Waals surface area contributed by atoms with Crippen LogP contribution >= 0.6 is 19.2 Å². The van der Waals surface area contributed by atoms with Crippen LogP contribution in [0.25, 0.3) is 11.2 Å². The molecule has 0 aliphatic carbocycles. The lowest BCUT2D eigenvalue weighted by Gasteiger charge is -2.09. The van der Waals surface area contributed by atoms with Crippen LogP contribution in [0.2, 0.25) is 5.15 Å². The molecule has 21 heavy (non-hydrogen) atoms. The lowest BCUT2D eigenvalue weighted by Crippen LogP contribution is -2.06. The second-order valence-corrected chi connectivity index (χ2v) is 6.42. The number of anilines is 1. The van der Waals surface area contributed by atoms with Crippen LogP contribution in [0.15, 0.2) is 18.5 Å². The molecule has 2 heterocycles. The standard InChI is InChI=1S/C10H13ClN5O4P/c1-6(4-19-20-21(2,17)18)3-16-5-13-7-8(11)14-10(12)15-9(7)16/h5H,1,3-4H2,2H3,(H,17,18)(H2,12,14,15). The van der Waals surface area contributed by atoms with Crippen LogP contribution in [0.5, 0.6) is 0 Å². The van der Waals surface area contributed by atoms with Crippen LogP contribution in [-0.4, -0.2) is 37.7 Å². The highest BCUT2D eigenvalue weighted by molar-refractivity contribution is 7.51. The average molecular weight is 334 g/mol. The number of halogens is 1. The third-order valence-corrected chi connectivity index (χ3v) is 2.93. The highest BCUT2D eigenvalue weighted by Gasteiger charge is 2.13. The molecule has 2 aromatic heterocycles. The molecule has 0 aliphatic rings. The maximum absolute atomic E-state index is 10.9. The average Bonchev–Trinajstić information content (AvgIpc) is 2.71. The first-order chi connectivity index (χ1) is 9.76. The predicted octanol–water partition coefficient (Wildman–Crippen LogP) is 1.38. The van der Waals surface area contributed by atoms with Crippen LogP contribution in [0.4, 0.5) is 5.95 Å². The van der Waals surface area contributed by atoms with E-state index in [1.54, 1.807) is 4.57 Å². The van der Waals surface area contributed by atoms with Crippen molar-refractivity contribution in [3.8, 4) is 0 Å². The molecule has 11 heteroatoms. The predicted molar refractivity (Wildman–Crippen MR) is 76.7 cm³/mol. The van der Waals surface area contributed by atoms with E-state index in [2.05, 4.69) is 31.1 Å². The molecule has 3 N–H and O–H groups in total. The molecule has 0 amide bonds. The van der Waals surface area contributed by atoms with Crippen molar-refractivity contribution in [1.82, 2.24) is 19.5 Å². The Morgan fingerprint density at radius 1 is 1.62 bits per heavy atom. The monoisotopic (exact) mass is 333 g/mol. The summed E-state index contributed by atoms with van der Waals surface area (Å²) < 4.78 is 16.8. The van der Waals surface area contributed by atoms with E-state index in [1.807, 2.05) is 0 Å². The largest absolute Gasteiger partial charge is 0.368 e. The first kappa shape index (κ1) is 15.9. The summed E-state index contributed by atoms with van der Waals surface area (Å²) in [6, 6.07) is 0. The van der Waals surface area contributed by atoms with Gasteiger partial charge in [0.25, 0.3) is 0 Å². The van der Waals surface area contributed by atoms with E-state index < -0.39 is 7.60 Å². The number of hydrogen-bond acceptors (Lipinski definition) is 7. The minimum atomic E-state index is -3.68. The molecule has 0 aromatic carbocycles. The fourth-order valence-electron chi connectivity index (χ4n) is 1.54. The Morgan fingerprint density at radius 2 is 2.33 bits per heavy atom. The molecule has 114 valence electrons.